The molecule has 1 aliphatic heterocycles. The SMILES string of the molecule is Cc1nc(C(=O)NCc2ccc(Cl)cc2)n2c1C(=O)N(CC1(SC(C)(C)C(N)=O)CC1)CC2. The lowest BCUT2D eigenvalue weighted by Crippen LogP contribution is -2.46. The maximum Gasteiger partial charge on any atom is 0.287 e. The van der Waals surface area contributed by atoms with Crippen LogP contribution in [-0.4, -0.2) is 54.8 Å². The number of hydrogen-bond donors (Lipinski definition) is 2. The molecule has 0 bridgehead atoms. The van der Waals surface area contributed by atoms with E-state index in [0.717, 1.165) is 18.4 Å². The first-order valence-electron chi connectivity index (χ1n) is 10.9. The number of nitrogens with zero attached hydrogens (tertiary/aromatic N) is 3. The van der Waals surface area contributed by atoms with Gasteiger partial charge in [-0.05, 0) is 51.3 Å². The molecule has 0 unspecified atom stereocenters. The summed E-state index contributed by atoms with van der Waals surface area (Å²) in [4.78, 5) is 44.1. The number of nitrogens with two attached hydrogens (primary N) is 1. The number of fused-ring (bicyclic) bond motifs is 1. The van der Waals surface area contributed by atoms with E-state index in [1.165, 1.54) is 0 Å². The molecular formula is C23H28ClN5O3S. The van der Waals surface area contributed by atoms with E-state index < -0.39 is 4.75 Å². The summed E-state index contributed by atoms with van der Waals surface area (Å²) in [6, 6.07) is 7.24. The molecule has 176 valence electrons. The lowest BCUT2D eigenvalue weighted by Gasteiger charge is -2.34. The molecule has 2 heterocycles. The summed E-state index contributed by atoms with van der Waals surface area (Å²) in [5, 5.41) is 3.51. The van der Waals surface area contributed by atoms with Crippen molar-refractivity contribution in [2.45, 2.75) is 56.2 Å². The van der Waals surface area contributed by atoms with Crippen molar-refractivity contribution >= 4 is 41.1 Å². The molecule has 0 spiro atoms. The number of halogens is 1. The fourth-order valence-corrected chi connectivity index (χ4v) is 5.93. The van der Waals surface area contributed by atoms with Crippen LogP contribution < -0.4 is 11.1 Å². The molecule has 0 atom stereocenters. The summed E-state index contributed by atoms with van der Waals surface area (Å²) in [6.45, 7) is 7.27. The zero-order valence-corrected chi connectivity index (χ0v) is 20.6. The minimum absolute atomic E-state index is 0.133. The molecule has 8 nitrogen and oxygen atoms in total. The molecule has 4 rings (SSSR count). The Morgan fingerprint density at radius 2 is 1.91 bits per heavy atom. The third kappa shape index (κ3) is 4.89. The second-order valence-electron chi connectivity index (χ2n) is 9.22. The Labute approximate surface area is 202 Å². The van der Waals surface area contributed by atoms with Crippen molar-refractivity contribution < 1.29 is 14.4 Å². The zero-order valence-electron chi connectivity index (χ0n) is 19.0. The van der Waals surface area contributed by atoms with E-state index >= 15 is 0 Å². The van der Waals surface area contributed by atoms with Crippen LogP contribution in [0.2, 0.25) is 5.02 Å². The van der Waals surface area contributed by atoms with Crippen molar-refractivity contribution in [2.75, 3.05) is 13.1 Å². The number of amides is 3. The summed E-state index contributed by atoms with van der Waals surface area (Å²) in [5.41, 5.74) is 7.46. The van der Waals surface area contributed by atoms with E-state index in [1.54, 1.807) is 35.4 Å². The predicted octanol–water partition coefficient (Wildman–Crippen LogP) is 2.76. The molecule has 10 heteroatoms. The van der Waals surface area contributed by atoms with Gasteiger partial charge in [0, 0.05) is 35.9 Å². The van der Waals surface area contributed by atoms with Gasteiger partial charge >= 0.3 is 0 Å². The summed E-state index contributed by atoms with van der Waals surface area (Å²) in [6.07, 6.45) is 1.88. The van der Waals surface area contributed by atoms with Gasteiger partial charge in [0.25, 0.3) is 11.8 Å². The molecule has 1 aromatic carbocycles. The monoisotopic (exact) mass is 489 g/mol. The van der Waals surface area contributed by atoms with Crippen LogP contribution in [0.4, 0.5) is 0 Å². The summed E-state index contributed by atoms with van der Waals surface area (Å²) in [7, 11) is 0. The van der Waals surface area contributed by atoms with Crippen LogP contribution >= 0.6 is 23.4 Å². The number of hydrogen-bond acceptors (Lipinski definition) is 5. The normalized spacial score (nSPS) is 17.0. The number of aryl methyl sites for hydroxylation is 1. The van der Waals surface area contributed by atoms with Crippen LogP contribution in [0, 0.1) is 6.92 Å². The molecule has 1 fully saturated rings. The largest absolute Gasteiger partial charge is 0.368 e. The van der Waals surface area contributed by atoms with Crippen LogP contribution in [0.5, 0.6) is 0 Å². The van der Waals surface area contributed by atoms with E-state index in [1.807, 2.05) is 30.9 Å². The summed E-state index contributed by atoms with van der Waals surface area (Å²) < 4.78 is 0.872. The van der Waals surface area contributed by atoms with E-state index in [4.69, 9.17) is 17.3 Å². The van der Waals surface area contributed by atoms with E-state index in [2.05, 4.69) is 10.3 Å². The first-order chi connectivity index (χ1) is 15.5. The van der Waals surface area contributed by atoms with Crippen molar-refractivity contribution in [1.29, 1.82) is 0 Å². The fraction of sp³-hybridized carbons (Fsp3) is 0.478. The first-order valence-corrected chi connectivity index (χ1v) is 12.1. The van der Waals surface area contributed by atoms with Gasteiger partial charge in [0.15, 0.2) is 5.82 Å². The maximum atomic E-state index is 13.3. The van der Waals surface area contributed by atoms with Crippen molar-refractivity contribution in [3.05, 3.63) is 52.1 Å². The van der Waals surface area contributed by atoms with Gasteiger partial charge in [-0.25, -0.2) is 4.98 Å². The smallest absolute Gasteiger partial charge is 0.287 e. The second kappa shape index (κ2) is 8.68. The van der Waals surface area contributed by atoms with Gasteiger partial charge in [-0.2, -0.15) is 0 Å². The molecular weight excluding hydrogens is 462 g/mol. The highest BCUT2D eigenvalue weighted by Gasteiger charge is 2.51. The number of imidazole rings is 1. The Hall–Kier alpha value is -2.52. The molecule has 3 N–H and O–H groups in total. The molecule has 1 saturated carbocycles. The molecule has 3 amide bonds. The number of benzene rings is 1. The highest BCUT2D eigenvalue weighted by atomic mass is 35.5. The number of rotatable bonds is 8. The number of carbonyl (C=O) groups is 3. The average molecular weight is 490 g/mol. The van der Waals surface area contributed by atoms with Gasteiger partial charge in [0.1, 0.15) is 5.69 Å². The lowest BCUT2D eigenvalue weighted by atomic mass is 10.2. The quantitative estimate of drug-likeness (QED) is 0.592. The van der Waals surface area contributed by atoms with Gasteiger partial charge in [-0.3, -0.25) is 14.4 Å². The van der Waals surface area contributed by atoms with Crippen LogP contribution in [-0.2, 0) is 17.9 Å². The second-order valence-corrected chi connectivity index (χ2v) is 11.7. The third-order valence-electron chi connectivity index (χ3n) is 6.15. The van der Waals surface area contributed by atoms with Crippen molar-refractivity contribution in [3.8, 4) is 0 Å². The highest BCUT2D eigenvalue weighted by Crippen LogP contribution is 2.54. The number of carbonyl (C=O) groups excluding carboxylic acids is 3. The van der Waals surface area contributed by atoms with E-state index in [9.17, 15) is 14.4 Å². The summed E-state index contributed by atoms with van der Waals surface area (Å²) >= 11 is 7.47. The van der Waals surface area contributed by atoms with Crippen LogP contribution in [0.15, 0.2) is 24.3 Å². The van der Waals surface area contributed by atoms with Crippen molar-refractivity contribution in [1.82, 2.24) is 19.8 Å². The Morgan fingerprint density at radius 1 is 1.24 bits per heavy atom. The van der Waals surface area contributed by atoms with Crippen molar-refractivity contribution in [3.63, 3.8) is 0 Å². The number of nitrogens with one attached hydrogen (secondary N) is 1. The highest BCUT2D eigenvalue weighted by molar-refractivity contribution is 8.03. The van der Waals surface area contributed by atoms with E-state index in [-0.39, 0.29) is 28.3 Å². The topological polar surface area (TPSA) is 110 Å². The maximum absolute atomic E-state index is 13.3. The number of aromatic nitrogens is 2. The van der Waals surface area contributed by atoms with Crippen LogP contribution in [0.1, 0.15) is 59.1 Å². The minimum Gasteiger partial charge on any atom is -0.368 e. The molecule has 1 aliphatic carbocycles. The number of primary amides is 1. The molecule has 0 saturated heterocycles. The standard InChI is InChI=1S/C23H28ClN5O3S/c1-14-17-20(31)28(13-23(8-9-23)33-22(2,3)21(25)32)10-11-29(17)18(27-14)19(30)26-12-15-4-6-16(24)7-5-15/h4-7H,8-13H2,1-3H3,(H2,25,32)(H,26,30). The predicted molar refractivity (Wildman–Crippen MR) is 128 cm³/mol. The van der Waals surface area contributed by atoms with Crippen LogP contribution in [0.3, 0.4) is 0 Å². The molecule has 0 radical (unpaired) electrons. The Balaban J connectivity index is 1.46. The molecule has 2 aliphatic rings. The lowest BCUT2D eigenvalue weighted by molar-refractivity contribution is -0.119. The summed E-state index contributed by atoms with van der Waals surface area (Å²) in [5.74, 6) is -0.563. The molecule has 2 aromatic rings. The molecule has 33 heavy (non-hydrogen) atoms. The first kappa shape index (κ1) is 23.6. The zero-order chi connectivity index (χ0) is 24.0. The Kier molecular flexibility index (Phi) is 6.22. The third-order valence-corrected chi connectivity index (χ3v) is 8.08. The van der Waals surface area contributed by atoms with Gasteiger partial charge in [-0.15, -0.1) is 11.8 Å². The van der Waals surface area contributed by atoms with E-state index in [0.29, 0.717) is 42.6 Å². The van der Waals surface area contributed by atoms with Gasteiger partial charge < -0.3 is 20.5 Å². The minimum atomic E-state index is -0.692. The Bertz CT molecular complexity index is 1110. The number of thioether (sulfide) groups is 1. The fourth-order valence-electron chi connectivity index (χ4n) is 4.09. The van der Waals surface area contributed by atoms with Crippen LogP contribution in [0.25, 0.3) is 0 Å². The van der Waals surface area contributed by atoms with Gasteiger partial charge in [-0.1, -0.05) is 23.7 Å². The average Bonchev–Trinajstić information content (AvgIpc) is 3.41. The Morgan fingerprint density at radius 3 is 2.52 bits per heavy atom. The van der Waals surface area contributed by atoms with Gasteiger partial charge in [0.2, 0.25) is 5.91 Å². The molecule has 1 aromatic heterocycles. The van der Waals surface area contributed by atoms with Crippen molar-refractivity contribution in [2.24, 2.45) is 5.73 Å². The van der Waals surface area contributed by atoms with Gasteiger partial charge in [0.05, 0.1) is 10.4 Å².